The molecule has 2 N–H and O–H groups in total. The highest BCUT2D eigenvalue weighted by Gasteiger charge is 2.15. The van der Waals surface area contributed by atoms with Crippen LogP contribution in [-0.4, -0.2) is 19.5 Å². The van der Waals surface area contributed by atoms with E-state index in [2.05, 4.69) is 20.7 Å². The van der Waals surface area contributed by atoms with Crippen molar-refractivity contribution in [1.29, 1.82) is 0 Å². The van der Waals surface area contributed by atoms with Crippen LogP contribution >= 0.6 is 15.9 Å². The molecule has 0 amide bonds. The van der Waals surface area contributed by atoms with Gasteiger partial charge in [-0.2, -0.15) is 0 Å². The van der Waals surface area contributed by atoms with Gasteiger partial charge in [0.15, 0.2) is 0 Å². The van der Waals surface area contributed by atoms with E-state index in [-0.39, 0.29) is 17.0 Å². The van der Waals surface area contributed by atoms with Crippen LogP contribution < -0.4 is 4.72 Å². The van der Waals surface area contributed by atoms with Crippen molar-refractivity contribution in [2.45, 2.75) is 11.4 Å². The first-order valence-electron chi connectivity index (χ1n) is 5.96. The molecule has 0 radical (unpaired) electrons. The van der Waals surface area contributed by atoms with E-state index >= 15 is 0 Å². The molecule has 0 spiro atoms. The van der Waals surface area contributed by atoms with Crippen molar-refractivity contribution in [3.63, 3.8) is 0 Å². The van der Waals surface area contributed by atoms with Gasteiger partial charge < -0.3 is 5.11 Å². The van der Waals surface area contributed by atoms with Gasteiger partial charge >= 0.3 is 5.97 Å². The molecule has 2 rings (SSSR count). The van der Waals surface area contributed by atoms with Gasteiger partial charge in [0.2, 0.25) is 10.0 Å². The van der Waals surface area contributed by atoms with E-state index in [1.54, 1.807) is 12.1 Å². The minimum Gasteiger partial charge on any atom is -0.478 e. The van der Waals surface area contributed by atoms with E-state index in [1.807, 2.05) is 12.1 Å². The zero-order valence-electron chi connectivity index (χ0n) is 10.8. The number of rotatable bonds is 5. The van der Waals surface area contributed by atoms with Crippen molar-refractivity contribution >= 4 is 31.9 Å². The molecule has 0 aliphatic rings. The molecule has 2 aromatic carbocycles. The number of carboxylic acids is 1. The molecule has 0 unspecified atom stereocenters. The van der Waals surface area contributed by atoms with Crippen molar-refractivity contribution in [3.05, 3.63) is 64.1 Å². The van der Waals surface area contributed by atoms with Crippen molar-refractivity contribution in [2.24, 2.45) is 0 Å². The van der Waals surface area contributed by atoms with Gasteiger partial charge in [-0.1, -0.05) is 34.1 Å². The van der Waals surface area contributed by atoms with Gasteiger partial charge in [-0.15, -0.1) is 0 Å². The molecule has 0 bridgehead atoms. The third-order valence-corrected chi connectivity index (χ3v) is 4.70. The molecule has 0 fully saturated rings. The summed E-state index contributed by atoms with van der Waals surface area (Å²) in [7, 11) is -3.75. The van der Waals surface area contributed by atoms with Gasteiger partial charge in [0.25, 0.3) is 0 Å². The molecule has 0 heterocycles. The van der Waals surface area contributed by atoms with E-state index in [1.165, 1.54) is 18.2 Å². The third-order valence-electron chi connectivity index (χ3n) is 2.77. The quantitative estimate of drug-likeness (QED) is 0.848. The second-order valence-electron chi connectivity index (χ2n) is 4.28. The van der Waals surface area contributed by atoms with Crippen LogP contribution in [0.5, 0.6) is 0 Å². The van der Waals surface area contributed by atoms with Crippen LogP contribution in [0.15, 0.2) is 57.9 Å². The Hall–Kier alpha value is -1.70. The van der Waals surface area contributed by atoms with Gasteiger partial charge in [0.1, 0.15) is 0 Å². The fourth-order valence-electron chi connectivity index (χ4n) is 1.66. The first kappa shape index (κ1) is 15.7. The van der Waals surface area contributed by atoms with Crippen LogP contribution in [-0.2, 0) is 16.6 Å². The lowest BCUT2D eigenvalue weighted by atomic mass is 10.2. The number of nitrogens with one attached hydrogen (secondary N) is 1. The Bertz CT molecular complexity index is 757. The van der Waals surface area contributed by atoms with Crippen LogP contribution in [0.25, 0.3) is 0 Å². The normalized spacial score (nSPS) is 11.3. The Morgan fingerprint density at radius 1 is 1.14 bits per heavy atom. The lowest BCUT2D eigenvalue weighted by Gasteiger charge is -2.07. The van der Waals surface area contributed by atoms with E-state index < -0.39 is 16.0 Å². The van der Waals surface area contributed by atoms with Crippen molar-refractivity contribution < 1.29 is 18.3 Å². The summed E-state index contributed by atoms with van der Waals surface area (Å²) in [5.74, 6) is -1.17. The van der Waals surface area contributed by atoms with E-state index in [4.69, 9.17) is 5.11 Å². The molecule has 5 nitrogen and oxygen atoms in total. The van der Waals surface area contributed by atoms with Gasteiger partial charge in [0, 0.05) is 11.0 Å². The Labute approximate surface area is 130 Å². The van der Waals surface area contributed by atoms with Crippen molar-refractivity contribution in [3.8, 4) is 0 Å². The molecular formula is C14H12BrNO4S. The topological polar surface area (TPSA) is 83.5 Å². The molecule has 0 saturated carbocycles. The van der Waals surface area contributed by atoms with E-state index in [0.717, 1.165) is 16.1 Å². The highest BCUT2D eigenvalue weighted by molar-refractivity contribution is 9.10. The molecule has 7 heteroatoms. The predicted molar refractivity (Wildman–Crippen MR) is 81.6 cm³/mol. The minimum absolute atomic E-state index is 0.0680. The third kappa shape index (κ3) is 4.13. The maximum atomic E-state index is 12.1. The van der Waals surface area contributed by atoms with E-state index in [0.29, 0.717) is 0 Å². The van der Waals surface area contributed by atoms with Gasteiger partial charge in [-0.05, 0) is 35.9 Å². The Balaban J connectivity index is 2.16. The van der Waals surface area contributed by atoms with Crippen LogP contribution in [0.4, 0.5) is 0 Å². The first-order valence-corrected chi connectivity index (χ1v) is 8.23. The summed E-state index contributed by atoms with van der Waals surface area (Å²) in [6.45, 7) is 0.132. The maximum Gasteiger partial charge on any atom is 0.335 e. The molecule has 0 aromatic heterocycles. The summed E-state index contributed by atoms with van der Waals surface area (Å²) in [5, 5.41) is 8.89. The summed E-state index contributed by atoms with van der Waals surface area (Å²) in [6.07, 6.45) is 0. The van der Waals surface area contributed by atoms with E-state index in [9.17, 15) is 13.2 Å². The smallest absolute Gasteiger partial charge is 0.335 e. The zero-order chi connectivity index (χ0) is 15.5. The Morgan fingerprint density at radius 2 is 1.81 bits per heavy atom. The molecule has 21 heavy (non-hydrogen) atoms. The monoisotopic (exact) mass is 369 g/mol. The summed E-state index contributed by atoms with van der Waals surface area (Å²) < 4.78 is 27.6. The lowest BCUT2D eigenvalue weighted by Crippen LogP contribution is -2.23. The summed E-state index contributed by atoms with van der Waals surface area (Å²) in [6, 6.07) is 12.4. The number of carboxylic acid groups (broad SMARTS) is 1. The van der Waals surface area contributed by atoms with Gasteiger partial charge in [-0.25, -0.2) is 17.9 Å². The van der Waals surface area contributed by atoms with Crippen LogP contribution in [0.2, 0.25) is 0 Å². The minimum atomic E-state index is -3.75. The van der Waals surface area contributed by atoms with Crippen LogP contribution in [0.3, 0.4) is 0 Å². The first-order chi connectivity index (χ1) is 9.88. The maximum absolute atomic E-state index is 12.1. The van der Waals surface area contributed by atoms with Crippen molar-refractivity contribution in [1.82, 2.24) is 4.72 Å². The number of benzene rings is 2. The highest BCUT2D eigenvalue weighted by atomic mass is 79.9. The number of halogens is 1. The average molecular weight is 370 g/mol. The number of sulfonamides is 1. The molecule has 0 saturated heterocycles. The fourth-order valence-corrected chi connectivity index (χ4v) is 2.99. The lowest BCUT2D eigenvalue weighted by molar-refractivity contribution is 0.0696. The molecule has 110 valence electrons. The summed E-state index contributed by atoms with van der Waals surface area (Å²) in [5.41, 5.74) is 0.734. The second kappa shape index (κ2) is 6.38. The van der Waals surface area contributed by atoms with Gasteiger partial charge in [-0.3, -0.25) is 0 Å². The highest BCUT2D eigenvalue weighted by Crippen LogP contribution is 2.14. The standard InChI is InChI=1S/C14H12BrNO4S/c15-12-6-4-10(5-7-12)9-16-21(19,20)13-3-1-2-11(8-13)14(17)18/h1-8,16H,9H2,(H,17,18). The fraction of sp³-hybridized carbons (Fsp3) is 0.0714. The Morgan fingerprint density at radius 3 is 2.43 bits per heavy atom. The molecule has 0 aliphatic carbocycles. The Kier molecular flexibility index (Phi) is 4.76. The SMILES string of the molecule is O=C(O)c1cccc(S(=O)(=O)NCc2ccc(Br)cc2)c1. The summed E-state index contributed by atoms with van der Waals surface area (Å²) in [4.78, 5) is 10.8. The predicted octanol–water partition coefficient (Wildman–Crippen LogP) is 2.63. The second-order valence-corrected chi connectivity index (χ2v) is 6.97. The molecular weight excluding hydrogens is 358 g/mol. The van der Waals surface area contributed by atoms with Gasteiger partial charge in [0.05, 0.1) is 10.5 Å². The molecule has 2 aromatic rings. The van der Waals surface area contributed by atoms with Crippen molar-refractivity contribution in [2.75, 3.05) is 0 Å². The number of hydrogen-bond acceptors (Lipinski definition) is 3. The van der Waals surface area contributed by atoms with Crippen LogP contribution in [0, 0.1) is 0 Å². The van der Waals surface area contributed by atoms with Crippen LogP contribution in [0.1, 0.15) is 15.9 Å². The molecule has 0 aliphatic heterocycles. The average Bonchev–Trinajstić information content (AvgIpc) is 2.47. The zero-order valence-corrected chi connectivity index (χ0v) is 13.2. The largest absolute Gasteiger partial charge is 0.478 e. The molecule has 0 atom stereocenters. The number of hydrogen-bond donors (Lipinski definition) is 2. The number of carbonyl (C=O) groups is 1. The number of aromatic carboxylic acids is 1. The summed E-state index contributed by atoms with van der Waals surface area (Å²) >= 11 is 3.30.